The summed E-state index contributed by atoms with van der Waals surface area (Å²) in [6.45, 7) is 0.418. The van der Waals surface area contributed by atoms with Gasteiger partial charge in [0, 0.05) is 30.7 Å². The van der Waals surface area contributed by atoms with Crippen LogP contribution in [0.3, 0.4) is 0 Å². The molecule has 0 aromatic heterocycles. The Morgan fingerprint density at radius 3 is 2.67 bits per heavy atom. The lowest BCUT2D eigenvalue weighted by molar-refractivity contribution is -0.141. The lowest BCUT2D eigenvalue weighted by atomic mass is 9.80. The molecule has 0 saturated carbocycles. The maximum Gasteiger partial charge on any atom is 0.326 e. The standard InChI is InChI=1S/C22H24BrN3O3S/c1-26-19(20(27)28)10-12-24-13-11-22(25-21(26)30,16-4-3-5-17(23)14-16)15-6-8-18(29-2)9-7-15/h3-9,13-14,19H,10-12H2,1-2H3,(H,25,30)(H,27,28)/t19-,22?/m0/s1. The van der Waals surface area contributed by atoms with E-state index < -0.39 is 17.6 Å². The van der Waals surface area contributed by atoms with Crippen molar-refractivity contribution in [1.29, 1.82) is 0 Å². The van der Waals surface area contributed by atoms with Crippen LogP contribution in [0.1, 0.15) is 24.0 Å². The van der Waals surface area contributed by atoms with Crippen molar-refractivity contribution < 1.29 is 14.6 Å². The van der Waals surface area contributed by atoms with E-state index >= 15 is 0 Å². The number of nitrogens with zero attached hydrogens (tertiary/aromatic N) is 2. The van der Waals surface area contributed by atoms with Crippen molar-refractivity contribution in [3.63, 3.8) is 0 Å². The van der Waals surface area contributed by atoms with Gasteiger partial charge in [-0.2, -0.15) is 0 Å². The van der Waals surface area contributed by atoms with Gasteiger partial charge in [-0.15, -0.1) is 0 Å². The summed E-state index contributed by atoms with van der Waals surface area (Å²) in [4.78, 5) is 17.9. The van der Waals surface area contributed by atoms with Crippen molar-refractivity contribution in [3.05, 3.63) is 64.1 Å². The van der Waals surface area contributed by atoms with Gasteiger partial charge < -0.3 is 20.1 Å². The van der Waals surface area contributed by atoms with Gasteiger partial charge in [-0.25, -0.2) is 4.79 Å². The van der Waals surface area contributed by atoms with Crippen LogP contribution in [0.25, 0.3) is 0 Å². The van der Waals surface area contributed by atoms with E-state index in [-0.39, 0.29) is 0 Å². The molecule has 8 heteroatoms. The molecule has 0 saturated heterocycles. The van der Waals surface area contributed by atoms with Crippen molar-refractivity contribution in [2.45, 2.75) is 24.4 Å². The molecule has 1 aliphatic rings. The molecule has 1 aliphatic heterocycles. The van der Waals surface area contributed by atoms with Crippen LogP contribution in [0.15, 0.2) is 58.0 Å². The summed E-state index contributed by atoms with van der Waals surface area (Å²) in [6.07, 6.45) is 2.78. The molecule has 0 spiro atoms. The van der Waals surface area contributed by atoms with Crippen LogP contribution in [0, 0.1) is 0 Å². The van der Waals surface area contributed by atoms with Crippen molar-refractivity contribution >= 4 is 45.4 Å². The molecule has 2 atom stereocenters. The normalized spacial score (nSPS) is 22.3. The zero-order valence-corrected chi connectivity index (χ0v) is 19.2. The van der Waals surface area contributed by atoms with Crippen LogP contribution in [0.5, 0.6) is 5.75 Å². The summed E-state index contributed by atoms with van der Waals surface area (Å²) in [5, 5.41) is 13.5. The summed E-state index contributed by atoms with van der Waals surface area (Å²) in [7, 11) is 3.34. The minimum atomic E-state index is -0.921. The fourth-order valence-corrected chi connectivity index (χ4v) is 4.31. The highest BCUT2D eigenvalue weighted by Gasteiger charge is 2.37. The molecular weight excluding hydrogens is 466 g/mol. The molecule has 158 valence electrons. The fraction of sp³-hybridized carbons (Fsp3) is 0.318. The Kier molecular flexibility index (Phi) is 7.10. The largest absolute Gasteiger partial charge is 0.497 e. The van der Waals surface area contributed by atoms with E-state index in [0.29, 0.717) is 24.5 Å². The Hall–Kier alpha value is -2.45. The number of rotatable bonds is 4. The van der Waals surface area contributed by atoms with Gasteiger partial charge in [0.15, 0.2) is 5.11 Å². The predicted octanol–water partition coefficient (Wildman–Crippen LogP) is 3.83. The second-order valence-corrected chi connectivity index (χ2v) is 8.42. The number of nitrogens with one attached hydrogen (secondary N) is 1. The van der Waals surface area contributed by atoms with E-state index in [1.54, 1.807) is 19.1 Å². The second kappa shape index (κ2) is 9.57. The van der Waals surface area contributed by atoms with Gasteiger partial charge in [0.05, 0.1) is 12.6 Å². The monoisotopic (exact) mass is 489 g/mol. The summed E-state index contributed by atoms with van der Waals surface area (Å²) in [6, 6.07) is 15.0. The van der Waals surface area contributed by atoms with Crippen molar-refractivity contribution in [1.82, 2.24) is 10.2 Å². The van der Waals surface area contributed by atoms with Crippen LogP contribution in [0.2, 0.25) is 0 Å². The SMILES string of the molecule is COc1ccc(C2(c3cccc(Br)c3)CC=NCC[C@@H](C(=O)O)N(C)C(=S)N2)cc1. The van der Waals surface area contributed by atoms with Gasteiger partial charge in [-0.3, -0.25) is 4.99 Å². The molecule has 0 radical (unpaired) electrons. The molecule has 0 fully saturated rings. The number of thiocarbonyl (C=S) groups is 1. The quantitative estimate of drug-likeness (QED) is 0.635. The molecule has 3 rings (SSSR count). The van der Waals surface area contributed by atoms with Gasteiger partial charge in [0.25, 0.3) is 0 Å². The number of ether oxygens (including phenoxy) is 1. The molecule has 0 bridgehead atoms. The molecule has 30 heavy (non-hydrogen) atoms. The number of halogens is 1. The Bertz CT molecular complexity index is 951. The summed E-state index contributed by atoms with van der Waals surface area (Å²) >= 11 is 9.24. The van der Waals surface area contributed by atoms with Crippen LogP contribution in [-0.2, 0) is 10.3 Å². The highest BCUT2D eigenvalue weighted by atomic mass is 79.9. The molecule has 6 nitrogen and oxygen atoms in total. The van der Waals surface area contributed by atoms with Crippen LogP contribution in [0.4, 0.5) is 0 Å². The zero-order chi connectivity index (χ0) is 21.7. The van der Waals surface area contributed by atoms with Gasteiger partial charge in [0.2, 0.25) is 0 Å². The number of aliphatic imine (C=N–C) groups is 1. The van der Waals surface area contributed by atoms with Crippen molar-refractivity contribution in [3.8, 4) is 5.75 Å². The summed E-state index contributed by atoms with van der Waals surface area (Å²) < 4.78 is 6.26. The third-order valence-corrected chi connectivity index (χ3v) is 6.23. The summed E-state index contributed by atoms with van der Waals surface area (Å²) in [5.74, 6) is -0.169. The number of hydrogen-bond acceptors (Lipinski definition) is 4. The number of carboxylic acid groups (broad SMARTS) is 1. The number of benzene rings is 2. The van der Waals surface area contributed by atoms with Gasteiger partial charge in [-0.1, -0.05) is 40.2 Å². The Morgan fingerprint density at radius 1 is 1.30 bits per heavy atom. The van der Waals surface area contributed by atoms with Crippen molar-refractivity contribution in [2.75, 3.05) is 20.7 Å². The van der Waals surface area contributed by atoms with Crippen LogP contribution < -0.4 is 10.1 Å². The summed E-state index contributed by atoms with van der Waals surface area (Å²) in [5.41, 5.74) is 1.22. The molecule has 2 aromatic carbocycles. The molecule has 1 heterocycles. The number of methoxy groups -OCH3 is 1. The Morgan fingerprint density at radius 2 is 2.03 bits per heavy atom. The first kappa shape index (κ1) is 22.2. The smallest absolute Gasteiger partial charge is 0.326 e. The van der Waals surface area contributed by atoms with Gasteiger partial charge >= 0.3 is 5.97 Å². The first-order valence-corrected chi connectivity index (χ1v) is 10.7. The molecule has 0 amide bonds. The minimum Gasteiger partial charge on any atom is -0.497 e. The predicted molar refractivity (Wildman–Crippen MR) is 125 cm³/mol. The number of likely N-dealkylation sites (N-methyl/N-ethyl adjacent to an activating group) is 1. The average molecular weight is 490 g/mol. The van der Waals surface area contributed by atoms with Crippen LogP contribution >= 0.6 is 28.1 Å². The average Bonchev–Trinajstić information content (AvgIpc) is 2.74. The highest BCUT2D eigenvalue weighted by Crippen LogP contribution is 2.35. The maximum absolute atomic E-state index is 11.8. The van der Waals surface area contributed by atoms with Crippen molar-refractivity contribution in [2.24, 2.45) is 4.99 Å². The van der Waals surface area contributed by atoms with Gasteiger partial charge in [-0.05, 0) is 54.0 Å². The van der Waals surface area contributed by atoms with E-state index in [0.717, 1.165) is 21.3 Å². The molecule has 0 aliphatic carbocycles. The lowest BCUT2D eigenvalue weighted by Gasteiger charge is -2.40. The molecule has 1 unspecified atom stereocenters. The van der Waals surface area contributed by atoms with E-state index in [4.69, 9.17) is 17.0 Å². The minimum absolute atomic E-state index is 0.369. The Balaban J connectivity index is 2.16. The third kappa shape index (κ3) is 4.65. The van der Waals surface area contributed by atoms with Crippen LogP contribution in [-0.4, -0.2) is 54.0 Å². The second-order valence-electron chi connectivity index (χ2n) is 7.12. The topological polar surface area (TPSA) is 74.2 Å². The number of carbonyl (C=O) groups is 1. The fourth-order valence-electron chi connectivity index (χ4n) is 3.61. The van der Waals surface area contributed by atoms with Gasteiger partial charge in [0.1, 0.15) is 11.8 Å². The maximum atomic E-state index is 11.8. The molecular formula is C22H24BrN3O3S. The first-order chi connectivity index (χ1) is 14.4. The Labute approximate surface area is 190 Å². The lowest BCUT2D eigenvalue weighted by Crippen LogP contribution is -2.55. The van der Waals surface area contributed by atoms with E-state index in [1.165, 1.54) is 0 Å². The first-order valence-electron chi connectivity index (χ1n) is 9.54. The van der Waals surface area contributed by atoms with E-state index in [1.807, 2.05) is 54.7 Å². The van der Waals surface area contributed by atoms with E-state index in [2.05, 4.69) is 26.2 Å². The highest BCUT2D eigenvalue weighted by molar-refractivity contribution is 9.10. The molecule has 2 N–H and O–H groups in total. The number of hydrogen-bond donors (Lipinski definition) is 2. The van der Waals surface area contributed by atoms with E-state index in [9.17, 15) is 9.90 Å². The number of carboxylic acids is 1. The number of aliphatic carboxylic acids is 1. The third-order valence-electron chi connectivity index (χ3n) is 5.35. The molecule has 2 aromatic rings. The zero-order valence-electron chi connectivity index (χ0n) is 16.8.